The van der Waals surface area contributed by atoms with Gasteiger partial charge in [-0.2, -0.15) is 0 Å². The van der Waals surface area contributed by atoms with Crippen LogP contribution in [0.15, 0.2) is 0 Å². The molecule has 0 aromatic carbocycles. The summed E-state index contributed by atoms with van der Waals surface area (Å²) in [4.78, 5) is 0. The summed E-state index contributed by atoms with van der Waals surface area (Å²) < 4.78 is 5.09. The van der Waals surface area contributed by atoms with Gasteiger partial charge in [0.25, 0.3) is 0 Å². The number of nitrogens with zero attached hydrogens (tertiary/aromatic N) is 2. The molecule has 0 N–H and O–H groups in total. The average molecular weight is 232 g/mol. The molecular weight excluding hydrogens is 212 g/mol. The van der Waals surface area contributed by atoms with Gasteiger partial charge in [-0.3, -0.25) is 9.13 Å². The molecule has 2 fully saturated rings. The van der Waals surface area contributed by atoms with Crippen LogP contribution in [0.1, 0.15) is 38.5 Å². The molecule has 0 atom stereocenters. The maximum atomic E-state index is 6.59. The summed E-state index contributed by atoms with van der Waals surface area (Å²) in [6.45, 7) is 4.98. The Kier molecular flexibility index (Phi) is 4.29. The third-order valence-corrected chi connectivity index (χ3v) is 6.61. The van der Waals surface area contributed by atoms with Crippen LogP contribution >= 0.6 is 11.1 Å². The van der Waals surface area contributed by atoms with Crippen LogP contribution in [0.3, 0.4) is 0 Å². The smallest absolute Gasteiger partial charge is 0.299 e. The highest BCUT2D eigenvalue weighted by atomic mass is 35.6. The van der Waals surface area contributed by atoms with Crippen LogP contribution in [0, 0.1) is 0 Å². The predicted molar refractivity (Wildman–Crippen MR) is 62.5 cm³/mol. The van der Waals surface area contributed by atoms with Crippen molar-refractivity contribution in [2.24, 2.45) is 0 Å². The number of piperidine rings is 2. The minimum atomic E-state index is -0.852. The Morgan fingerprint density at radius 3 is 1.36 bits per heavy atom. The zero-order chi connectivity index (χ0) is 9.80. The van der Waals surface area contributed by atoms with Gasteiger partial charge in [0.2, 0.25) is 0 Å². The molecule has 0 amide bonds. The van der Waals surface area contributed by atoms with E-state index in [0.29, 0.717) is 0 Å². The van der Waals surface area contributed by atoms with Crippen molar-refractivity contribution in [2.45, 2.75) is 38.5 Å². The van der Waals surface area contributed by atoms with E-state index in [2.05, 4.69) is 9.13 Å². The summed E-state index contributed by atoms with van der Waals surface area (Å²) in [5.41, 5.74) is 0. The molecule has 2 heterocycles. The van der Waals surface area contributed by atoms with E-state index in [9.17, 15) is 0 Å². The second kappa shape index (κ2) is 5.49. The quantitative estimate of drug-likeness (QED) is 0.531. The number of halogens is 1. The van der Waals surface area contributed by atoms with Crippen LogP contribution in [0.25, 0.3) is 0 Å². The fourth-order valence-electron chi connectivity index (χ4n) is 2.36. The van der Waals surface area contributed by atoms with Gasteiger partial charge < -0.3 is 0 Å². The first-order chi connectivity index (χ1) is 6.88. The minimum absolute atomic E-state index is 0.852. The molecule has 2 aliphatic rings. The Balaban J connectivity index is 1.82. The van der Waals surface area contributed by atoms with Crippen molar-refractivity contribution in [3.63, 3.8) is 0 Å². The summed E-state index contributed by atoms with van der Waals surface area (Å²) in [6, 6.07) is 0. The fraction of sp³-hybridized carbons (Fsp3) is 1.00. The summed E-state index contributed by atoms with van der Waals surface area (Å²) in [5, 5.41) is 0. The Morgan fingerprint density at radius 2 is 1.00 bits per heavy atom. The number of hydrogen-bond acceptors (Lipinski definition) is 2. The molecule has 2 saturated heterocycles. The first kappa shape index (κ1) is 10.9. The van der Waals surface area contributed by atoms with Gasteiger partial charge in [-0.25, -0.2) is 0 Å². The minimum Gasteiger partial charge on any atom is -0.299 e. The van der Waals surface area contributed by atoms with Crippen LogP contribution in [0.5, 0.6) is 0 Å². The van der Waals surface area contributed by atoms with Gasteiger partial charge >= 0.3 is 8.43 Å². The van der Waals surface area contributed by atoms with E-state index >= 15 is 0 Å². The molecule has 2 aliphatic heterocycles. The standard InChI is InChI=1S/C10H20ClN2Si/c11-14(12-7-3-1-4-8-12)13-9-5-2-6-10-13/h1-10H2. The molecule has 2 nitrogen and oxygen atoms in total. The van der Waals surface area contributed by atoms with Gasteiger partial charge in [-0.1, -0.05) is 12.8 Å². The molecule has 0 bridgehead atoms. The van der Waals surface area contributed by atoms with Gasteiger partial charge in [-0.05, 0) is 51.9 Å². The van der Waals surface area contributed by atoms with E-state index in [1.54, 1.807) is 0 Å². The molecule has 4 heteroatoms. The Morgan fingerprint density at radius 1 is 0.643 bits per heavy atom. The van der Waals surface area contributed by atoms with E-state index < -0.39 is 8.43 Å². The van der Waals surface area contributed by atoms with Crippen molar-refractivity contribution in [2.75, 3.05) is 26.2 Å². The van der Waals surface area contributed by atoms with Crippen molar-refractivity contribution in [3.8, 4) is 0 Å². The van der Waals surface area contributed by atoms with E-state index in [0.717, 1.165) is 0 Å². The third-order valence-electron chi connectivity index (χ3n) is 3.23. The fourth-order valence-corrected chi connectivity index (χ4v) is 5.14. The van der Waals surface area contributed by atoms with E-state index in [-0.39, 0.29) is 0 Å². The highest BCUT2D eigenvalue weighted by Gasteiger charge is 2.28. The Bertz CT molecular complexity index is 150. The van der Waals surface area contributed by atoms with Crippen molar-refractivity contribution in [1.82, 2.24) is 9.13 Å². The molecule has 0 aromatic heterocycles. The highest BCUT2D eigenvalue weighted by molar-refractivity contribution is 7.03. The maximum Gasteiger partial charge on any atom is 0.344 e. The SMILES string of the molecule is Cl[Si](N1CCCCC1)N1CCCCC1. The molecular formula is C10H20ClN2Si. The molecule has 14 heavy (non-hydrogen) atoms. The van der Waals surface area contributed by atoms with Gasteiger partial charge in [0.1, 0.15) is 0 Å². The third kappa shape index (κ3) is 2.72. The largest absolute Gasteiger partial charge is 0.344 e. The average Bonchev–Trinajstić information content (AvgIpc) is 2.30. The molecule has 1 radical (unpaired) electrons. The van der Waals surface area contributed by atoms with Crippen LogP contribution in [-0.2, 0) is 0 Å². The van der Waals surface area contributed by atoms with Crippen molar-refractivity contribution in [3.05, 3.63) is 0 Å². The number of hydrogen-bond donors (Lipinski definition) is 0. The van der Waals surface area contributed by atoms with Crippen LogP contribution in [0.2, 0.25) is 0 Å². The molecule has 81 valence electrons. The van der Waals surface area contributed by atoms with Gasteiger partial charge in [0.15, 0.2) is 0 Å². The molecule has 2 rings (SSSR count). The lowest BCUT2D eigenvalue weighted by molar-refractivity contribution is 0.288. The molecule has 0 aromatic rings. The second-order valence-corrected chi connectivity index (χ2v) is 7.18. The summed E-state index contributed by atoms with van der Waals surface area (Å²) in [5.74, 6) is 0. The van der Waals surface area contributed by atoms with Crippen LogP contribution < -0.4 is 0 Å². The normalized spacial score (nSPS) is 27.0. The van der Waals surface area contributed by atoms with E-state index in [1.165, 1.54) is 64.7 Å². The Labute approximate surface area is 93.7 Å². The molecule has 0 aliphatic carbocycles. The predicted octanol–water partition coefficient (Wildman–Crippen LogP) is 2.18. The lowest BCUT2D eigenvalue weighted by Gasteiger charge is -2.37. The van der Waals surface area contributed by atoms with Crippen molar-refractivity contribution < 1.29 is 0 Å². The van der Waals surface area contributed by atoms with Gasteiger partial charge in [0, 0.05) is 0 Å². The monoisotopic (exact) mass is 231 g/mol. The number of rotatable bonds is 2. The maximum absolute atomic E-state index is 6.59. The van der Waals surface area contributed by atoms with Crippen LogP contribution in [0.4, 0.5) is 0 Å². The molecule has 0 spiro atoms. The topological polar surface area (TPSA) is 6.48 Å². The zero-order valence-corrected chi connectivity index (χ0v) is 10.6. The molecule has 0 saturated carbocycles. The van der Waals surface area contributed by atoms with E-state index in [4.69, 9.17) is 11.1 Å². The highest BCUT2D eigenvalue weighted by Crippen LogP contribution is 2.18. The summed E-state index contributed by atoms with van der Waals surface area (Å²) in [6.07, 6.45) is 8.23. The summed E-state index contributed by atoms with van der Waals surface area (Å²) >= 11 is 6.59. The van der Waals surface area contributed by atoms with Crippen molar-refractivity contribution >= 4 is 19.5 Å². The van der Waals surface area contributed by atoms with E-state index in [1.807, 2.05) is 0 Å². The first-order valence-corrected chi connectivity index (χ1v) is 8.31. The molecule has 0 unspecified atom stereocenters. The second-order valence-electron chi connectivity index (χ2n) is 4.36. The lowest BCUT2D eigenvalue weighted by atomic mass is 10.2. The van der Waals surface area contributed by atoms with Gasteiger partial charge in [0.05, 0.1) is 0 Å². The first-order valence-electron chi connectivity index (χ1n) is 5.90. The zero-order valence-electron chi connectivity index (χ0n) is 8.84. The Hall–Kier alpha value is 0.427. The summed E-state index contributed by atoms with van der Waals surface area (Å²) in [7, 11) is -0.852. The lowest BCUT2D eigenvalue weighted by Crippen LogP contribution is -2.52. The van der Waals surface area contributed by atoms with Gasteiger partial charge in [-0.15, -0.1) is 11.1 Å². The van der Waals surface area contributed by atoms with Crippen LogP contribution in [-0.4, -0.2) is 43.7 Å². The van der Waals surface area contributed by atoms with Crippen molar-refractivity contribution in [1.29, 1.82) is 0 Å².